The van der Waals surface area contributed by atoms with E-state index in [0.717, 1.165) is 5.56 Å². The van der Waals surface area contributed by atoms with Gasteiger partial charge in [-0.2, -0.15) is 0 Å². The molecule has 3 N–H and O–H groups in total. The lowest BCUT2D eigenvalue weighted by Gasteiger charge is -2.07. The summed E-state index contributed by atoms with van der Waals surface area (Å²) in [6.07, 6.45) is 0.295. The van der Waals surface area contributed by atoms with Crippen LogP contribution in [0.4, 0.5) is 0 Å². The Balaban J connectivity index is 2.51. The number of carbonyl (C=O) groups excluding carboxylic acids is 1. The second kappa shape index (κ2) is 8.06. The van der Waals surface area contributed by atoms with Gasteiger partial charge in [-0.15, -0.1) is 0 Å². The van der Waals surface area contributed by atoms with E-state index in [4.69, 9.17) is 18.0 Å². The molecule has 0 unspecified atom stereocenters. The lowest BCUT2D eigenvalue weighted by Crippen LogP contribution is -2.26. The summed E-state index contributed by atoms with van der Waals surface area (Å²) in [6, 6.07) is 7.03. The molecule has 6 nitrogen and oxygen atoms in total. The van der Waals surface area contributed by atoms with Gasteiger partial charge in [-0.25, -0.2) is 13.1 Å². The number of hydrogen-bond acceptors (Lipinski definition) is 5. The quantitative estimate of drug-likeness (QED) is 0.538. The van der Waals surface area contributed by atoms with Crippen molar-refractivity contribution in [1.29, 1.82) is 0 Å². The summed E-state index contributed by atoms with van der Waals surface area (Å²) in [4.78, 5) is 11.2. The van der Waals surface area contributed by atoms with Gasteiger partial charge in [0.2, 0.25) is 10.0 Å². The van der Waals surface area contributed by atoms with Gasteiger partial charge in [0.25, 0.3) is 0 Å². The molecule has 0 fully saturated rings. The van der Waals surface area contributed by atoms with Gasteiger partial charge in [0, 0.05) is 18.5 Å². The van der Waals surface area contributed by atoms with Crippen molar-refractivity contribution < 1.29 is 17.9 Å². The van der Waals surface area contributed by atoms with Crippen LogP contribution in [-0.4, -0.2) is 32.2 Å². The van der Waals surface area contributed by atoms with E-state index in [1.165, 1.54) is 7.11 Å². The number of thiocarbonyl (C=S) groups is 1. The summed E-state index contributed by atoms with van der Waals surface area (Å²) in [6.45, 7) is 0.150. The number of methoxy groups -OCH3 is 1. The van der Waals surface area contributed by atoms with E-state index < -0.39 is 16.0 Å². The lowest BCUT2D eigenvalue weighted by atomic mass is 10.1. The number of nitrogens with one attached hydrogen (secondary N) is 1. The summed E-state index contributed by atoms with van der Waals surface area (Å²) in [5, 5.41) is 0. The number of rotatable bonds is 8. The van der Waals surface area contributed by atoms with Gasteiger partial charge in [0.05, 0.1) is 12.9 Å². The van der Waals surface area contributed by atoms with Gasteiger partial charge < -0.3 is 10.5 Å². The number of carbonyl (C=O) groups is 1. The van der Waals surface area contributed by atoms with Crippen LogP contribution in [0.15, 0.2) is 24.3 Å². The number of hydrogen-bond donors (Lipinski definition) is 2. The summed E-state index contributed by atoms with van der Waals surface area (Å²) in [7, 11) is -2.17. The van der Waals surface area contributed by atoms with Crippen LogP contribution in [0.1, 0.15) is 24.0 Å². The molecular weight excluding hydrogens is 312 g/mol. The van der Waals surface area contributed by atoms with Crippen molar-refractivity contribution in [2.75, 3.05) is 12.9 Å². The van der Waals surface area contributed by atoms with Crippen molar-refractivity contribution in [2.24, 2.45) is 5.73 Å². The maximum absolute atomic E-state index is 11.8. The predicted molar refractivity (Wildman–Crippen MR) is 84.2 cm³/mol. The van der Waals surface area contributed by atoms with Crippen LogP contribution in [0.3, 0.4) is 0 Å². The van der Waals surface area contributed by atoms with Crippen molar-refractivity contribution in [1.82, 2.24) is 4.72 Å². The Morgan fingerprint density at radius 2 is 2.14 bits per heavy atom. The Hall–Kier alpha value is -1.51. The molecule has 0 atom stereocenters. The second-order valence-electron chi connectivity index (χ2n) is 4.38. The first-order valence-electron chi connectivity index (χ1n) is 6.27. The minimum absolute atomic E-state index is 0.0777. The summed E-state index contributed by atoms with van der Waals surface area (Å²) in [5.74, 6) is -0.550. The topological polar surface area (TPSA) is 98.5 Å². The van der Waals surface area contributed by atoms with Gasteiger partial charge in [0.15, 0.2) is 0 Å². The van der Waals surface area contributed by atoms with Crippen LogP contribution < -0.4 is 10.5 Å². The van der Waals surface area contributed by atoms with E-state index >= 15 is 0 Å². The van der Waals surface area contributed by atoms with Gasteiger partial charge in [-0.05, 0) is 18.1 Å². The molecule has 8 heteroatoms. The Labute approximate surface area is 129 Å². The first kappa shape index (κ1) is 17.5. The molecule has 1 rings (SSSR count). The number of ether oxygens (including phenoxy) is 1. The molecule has 1 aromatic rings. The third kappa shape index (κ3) is 6.65. The van der Waals surface area contributed by atoms with E-state index in [2.05, 4.69) is 9.46 Å². The first-order valence-corrected chi connectivity index (χ1v) is 8.33. The molecule has 0 amide bonds. The zero-order valence-electron chi connectivity index (χ0n) is 11.7. The van der Waals surface area contributed by atoms with Crippen molar-refractivity contribution in [2.45, 2.75) is 19.4 Å². The van der Waals surface area contributed by atoms with E-state index in [1.807, 2.05) is 0 Å². The van der Waals surface area contributed by atoms with Crippen LogP contribution in [-0.2, 0) is 26.1 Å². The number of sulfonamides is 1. The van der Waals surface area contributed by atoms with Gasteiger partial charge in [-0.3, -0.25) is 4.79 Å². The minimum Gasteiger partial charge on any atom is -0.469 e. The average Bonchev–Trinajstić information content (AvgIpc) is 2.45. The van der Waals surface area contributed by atoms with Crippen LogP contribution in [0, 0.1) is 0 Å². The third-order valence-corrected chi connectivity index (χ3v) is 4.38. The number of nitrogens with two attached hydrogens (primary N) is 1. The van der Waals surface area contributed by atoms with Gasteiger partial charge in [0.1, 0.15) is 4.99 Å². The standard InChI is InChI=1S/C13H18N2O4S2/c1-19-12(16)6-3-7-21(17,18)15-9-10-4-2-5-11(8-10)13(14)20/h2,4-5,8,15H,3,6-7,9H2,1H3,(H2,14,20). The highest BCUT2D eigenvalue weighted by Crippen LogP contribution is 2.06. The fourth-order valence-electron chi connectivity index (χ4n) is 1.61. The smallest absolute Gasteiger partial charge is 0.305 e. The molecule has 0 bridgehead atoms. The summed E-state index contributed by atoms with van der Waals surface area (Å²) < 4.78 is 30.5. The van der Waals surface area contributed by atoms with Crippen LogP contribution >= 0.6 is 12.2 Å². The predicted octanol–water partition coefficient (Wildman–Crippen LogP) is 0.693. The van der Waals surface area contributed by atoms with Crippen molar-refractivity contribution in [3.63, 3.8) is 0 Å². The van der Waals surface area contributed by atoms with Gasteiger partial charge >= 0.3 is 5.97 Å². The third-order valence-electron chi connectivity index (χ3n) is 2.73. The molecule has 0 aliphatic heterocycles. The highest BCUT2D eigenvalue weighted by atomic mass is 32.2. The molecule has 0 aliphatic rings. The largest absolute Gasteiger partial charge is 0.469 e. The Kier molecular flexibility index (Phi) is 6.73. The first-order chi connectivity index (χ1) is 9.84. The maximum atomic E-state index is 11.8. The minimum atomic E-state index is -3.44. The molecule has 0 aromatic heterocycles. The second-order valence-corrected chi connectivity index (χ2v) is 6.75. The highest BCUT2D eigenvalue weighted by molar-refractivity contribution is 7.89. The molecule has 1 aromatic carbocycles. The summed E-state index contributed by atoms with van der Waals surface area (Å²) >= 11 is 4.87. The maximum Gasteiger partial charge on any atom is 0.305 e. The summed E-state index contributed by atoms with van der Waals surface area (Å²) in [5.41, 5.74) is 6.97. The Morgan fingerprint density at radius 3 is 2.76 bits per heavy atom. The number of benzene rings is 1. The van der Waals surface area contributed by atoms with Crippen molar-refractivity contribution in [3.8, 4) is 0 Å². The molecule has 0 radical (unpaired) electrons. The lowest BCUT2D eigenvalue weighted by molar-refractivity contribution is -0.140. The molecular formula is C13H18N2O4S2. The molecule has 0 saturated carbocycles. The average molecular weight is 330 g/mol. The van der Waals surface area contributed by atoms with Crippen molar-refractivity contribution in [3.05, 3.63) is 35.4 Å². The van der Waals surface area contributed by atoms with E-state index in [-0.39, 0.29) is 30.1 Å². The molecule has 0 saturated heterocycles. The fraction of sp³-hybridized carbons (Fsp3) is 0.385. The van der Waals surface area contributed by atoms with Crippen molar-refractivity contribution >= 4 is 33.2 Å². The van der Waals surface area contributed by atoms with E-state index in [0.29, 0.717) is 5.56 Å². The molecule has 0 aliphatic carbocycles. The van der Waals surface area contributed by atoms with E-state index in [9.17, 15) is 13.2 Å². The molecule has 116 valence electrons. The van der Waals surface area contributed by atoms with E-state index in [1.54, 1.807) is 24.3 Å². The number of esters is 1. The van der Waals surface area contributed by atoms with Crippen LogP contribution in [0.5, 0.6) is 0 Å². The Morgan fingerprint density at radius 1 is 1.43 bits per heavy atom. The Bertz CT molecular complexity index is 614. The normalized spacial score (nSPS) is 11.1. The van der Waals surface area contributed by atoms with Gasteiger partial charge in [-0.1, -0.05) is 30.4 Å². The monoisotopic (exact) mass is 330 g/mol. The zero-order chi connectivity index (χ0) is 15.9. The van der Waals surface area contributed by atoms with Crippen LogP contribution in [0.25, 0.3) is 0 Å². The molecule has 0 heterocycles. The zero-order valence-corrected chi connectivity index (χ0v) is 13.3. The molecule has 0 spiro atoms. The highest BCUT2D eigenvalue weighted by Gasteiger charge is 2.11. The molecule has 21 heavy (non-hydrogen) atoms. The fourth-order valence-corrected chi connectivity index (χ4v) is 2.79. The SMILES string of the molecule is COC(=O)CCCS(=O)(=O)NCc1cccc(C(N)=S)c1. The van der Waals surface area contributed by atoms with Crippen LogP contribution in [0.2, 0.25) is 0 Å².